The van der Waals surface area contributed by atoms with Gasteiger partial charge >= 0.3 is 0 Å². The maximum atomic E-state index is 12.1. The summed E-state index contributed by atoms with van der Waals surface area (Å²) >= 11 is 5.07. The van der Waals surface area contributed by atoms with Gasteiger partial charge in [-0.3, -0.25) is 4.79 Å². The lowest BCUT2D eigenvalue weighted by Crippen LogP contribution is -2.26. The third kappa shape index (κ3) is 1.98. The molecule has 0 N–H and O–H groups in total. The Balaban J connectivity index is 1.65. The number of fused-ring (bicyclic) bond motifs is 2. The summed E-state index contributed by atoms with van der Waals surface area (Å²) in [6, 6.07) is 4.03. The van der Waals surface area contributed by atoms with Crippen molar-refractivity contribution < 1.29 is 9.53 Å². The Bertz CT molecular complexity index is 415. The van der Waals surface area contributed by atoms with Gasteiger partial charge in [0, 0.05) is 17.2 Å². The van der Waals surface area contributed by atoms with Crippen LogP contribution >= 0.6 is 27.3 Å². The standard InChI is InChI=1S/C12H13BrO2S/c13-12-4-2-8(16-12)6-10(14)9-5-7-1-3-11(9)15-7/h2,4,7,9,11H,1,3,5-6H2. The zero-order chi connectivity index (χ0) is 11.1. The zero-order valence-electron chi connectivity index (χ0n) is 8.82. The van der Waals surface area contributed by atoms with Crippen LogP contribution in [0.2, 0.25) is 0 Å². The second-order valence-corrected chi connectivity index (χ2v) is 7.11. The van der Waals surface area contributed by atoms with Crippen molar-refractivity contribution in [3.8, 4) is 0 Å². The number of carbonyl (C=O) groups is 1. The molecule has 0 radical (unpaired) electrons. The molecule has 4 heteroatoms. The molecule has 2 fully saturated rings. The molecule has 86 valence electrons. The van der Waals surface area contributed by atoms with Crippen molar-refractivity contribution in [1.29, 1.82) is 0 Å². The van der Waals surface area contributed by atoms with Crippen LogP contribution in [0.4, 0.5) is 0 Å². The summed E-state index contributed by atoms with van der Waals surface area (Å²) in [4.78, 5) is 13.3. The number of halogens is 1. The maximum Gasteiger partial charge on any atom is 0.143 e. The molecule has 0 aliphatic carbocycles. The number of hydrogen-bond acceptors (Lipinski definition) is 3. The van der Waals surface area contributed by atoms with Gasteiger partial charge in [-0.2, -0.15) is 0 Å². The minimum atomic E-state index is 0.166. The summed E-state index contributed by atoms with van der Waals surface area (Å²) < 4.78 is 6.82. The second-order valence-electron chi connectivity index (χ2n) is 4.56. The number of ether oxygens (including phenoxy) is 1. The van der Waals surface area contributed by atoms with Gasteiger partial charge in [0.25, 0.3) is 0 Å². The molecule has 0 aromatic carbocycles. The number of hydrogen-bond donors (Lipinski definition) is 0. The first-order valence-corrected chi connectivity index (χ1v) is 7.26. The van der Waals surface area contributed by atoms with E-state index in [0.717, 1.165) is 27.9 Å². The van der Waals surface area contributed by atoms with E-state index in [0.29, 0.717) is 18.3 Å². The van der Waals surface area contributed by atoms with Crippen LogP contribution in [0.3, 0.4) is 0 Å². The lowest BCUT2D eigenvalue weighted by Gasteiger charge is -2.16. The molecule has 2 aliphatic rings. The monoisotopic (exact) mass is 300 g/mol. The highest BCUT2D eigenvalue weighted by Crippen LogP contribution is 2.39. The summed E-state index contributed by atoms with van der Waals surface area (Å²) in [5.41, 5.74) is 0. The van der Waals surface area contributed by atoms with E-state index in [1.165, 1.54) is 0 Å². The van der Waals surface area contributed by atoms with E-state index in [9.17, 15) is 4.79 Å². The molecule has 3 unspecified atom stereocenters. The normalized spacial score (nSPS) is 32.2. The van der Waals surface area contributed by atoms with Crippen molar-refractivity contribution in [3.05, 3.63) is 20.8 Å². The Kier molecular flexibility index (Phi) is 2.90. The SMILES string of the molecule is O=C(Cc1ccc(Br)s1)C1CC2CCC1O2. The molecular formula is C12H13BrO2S. The Labute approximate surface area is 107 Å². The third-order valence-electron chi connectivity index (χ3n) is 3.50. The van der Waals surface area contributed by atoms with Crippen LogP contribution in [0.25, 0.3) is 0 Å². The van der Waals surface area contributed by atoms with E-state index in [4.69, 9.17) is 4.74 Å². The fourth-order valence-corrected chi connectivity index (χ4v) is 4.22. The van der Waals surface area contributed by atoms with Crippen molar-refractivity contribution in [3.63, 3.8) is 0 Å². The first-order valence-electron chi connectivity index (χ1n) is 5.65. The summed E-state index contributed by atoms with van der Waals surface area (Å²) in [5.74, 6) is 0.529. The minimum absolute atomic E-state index is 0.166. The van der Waals surface area contributed by atoms with Crippen molar-refractivity contribution in [2.45, 2.75) is 37.9 Å². The van der Waals surface area contributed by atoms with Gasteiger partial charge in [0.15, 0.2) is 0 Å². The van der Waals surface area contributed by atoms with E-state index in [1.54, 1.807) is 11.3 Å². The highest BCUT2D eigenvalue weighted by atomic mass is 79.9. The minimum Gasteiger partial charge on any atom is -0.374 e. The topological polar surface area (TPSA) is 26.3 Å². The average molecular weight is 301 g/mol. The van der Waals surface area contributed by atoms with Crippen LogP contribution < -0.4 is 0 Å². The van der Waals surface area contributed by atoms with E-state index < -0.39 is 0 Å². The summed E-state index contributed by atoms with van der Waals surface area (Å²) in [6.07, 6.45) is 4.35. The predicted octanol–water partition coefficient (Wildman–Crippen LogP) is 3.19. The summed E-state index contributed by atoms with van der Waals surface area (Å²) in [7, 11) is 0. The lowest BCUT2D eigenvalue weighted by molar-refractivity contribution is -0.123. The highest BCUT2D eigenvalue weighted by molar-refractivity contribution is 9.11. The Morgan fingerprint density at radius 1 is 1.50 bits per heavy atom. The van der Waals surface area contributed by atoms with Crippen LogP contribution in [-0.2, 0) is 16.0 Å². The van der Waals surface area contributed by atoms with Crippen LogP contribution in [0, 0.1) is 5.92 Å². The summed E-state index contributed by atoms with van der Waals surface area (Å²) in [5, 5.41) is 0. The molecule has 3 rings (SSSR count). The largest absolute Gasteiger partial charge is 0.374 e. The van der Waals surface area contributed by atoms with Crippen LogP contribution in [-0.4, -0.2) is 18.0 Å². The Morgan fingerprint density at radius 2 is 2.38 bits per heavy atom. The number of thiophene rings is 1. The smallest absolute Gasteiger partial charge is 0.143 e. The molecule has 3 heterocycles. The zero-order valence-corrected chi connectivity index (χ0v) is 11.2. The molecular weight excluding hydrogens is 288 g/mol. The Hall–Kier alpha value is -0.190. The number of ketones is 1. The molecule has 2 nitrogen and oxygen atoms in total. The van der Waals surface area contributed by atoms with Crippen LogP contribution in [0.5, 0.6) is 0 Å². The van der Waals surface area contributed by atoms with Gasteiger partial charge in [-0.25, -0.2) is 0 Å². The van der Waals surface area contributed by atoms with E-state index in [1.807, 2.05) is 12.1 Å². The third-order valence-corrected chi connectivity index (χ3v) is 5.12. The molecule has 3 atom stereocenters. The van der Waals surface area contributed by atoms with E-state index in [2.05, 4.69) is 15.9 Å². The van der Waals surface area contributed by atoms with Crippen LogP contribution in [0.1, 0.15) is 24.1 Å². The molecule has 1 aromatic rings. The van der Waals surface area contributed by atoms with Gasteiger partial charge in [-0.1, -0.05) is 0 Å². The Morgan fingerprint density at radius 3 is 2.94 bits per heavy atom. The second kappa shape index (κ2) is 4.24. The number of rotatable bonds is 3. The lowest BCUT2D eigenvalue weighted by atomic mass is 9.85. The number of Topliss-reactive ketones (excluding diaryl/α,β-unsaturated/α-hetero) is 1. The van der Waals surface area contributed by atoms with E-state index >= 15 is 0 Å². The van der Waals surface area contributed by atoms with Crippen molar-refractivity contribution in [2.24, 2.45) is 5.92 Å². The molecule has 16 heavy (non-hydrogen) atoms. The molecule has 2 saturated heterocycles. The van der Waals surface area contributed by atoms with Gasteiger partial charge in [-0.05, 0) is 47.3 Å². The fraction of sp³-hybridized carbons (Fsp3) is 0.583. The van der Waals surface area contributed by atoms with Gasteiger partial charge in [0.1, 0.15) is 5.78 Å². The quantitative estimate of drug-likeness (QED) is 0.857. The van der Waals surface area contributed by atoms with Crippen molar-refractivity contribution in [1.82, 2.24) is 0 Å². The molecule has 0 amide bonds. The predicted molar refractivity (Wildman–Crippen MR) is 66.7 cm³/mol. The first-order chi connectivity index (χ1) is 7.72. The first kappa shape index (κ1) is 10.9. The van der Waals surface area contributed by atoms with Crippen molar-refractivity contribution >= 4 is 33.0 Å². The molecule has 2 aliphatic heterocycles. The van der Waals surface area contributed by atoms with E-state index in [-0.39, 0.29) is 12.0 Å². The maximum absolute atomic E-state index is 12.1. The van der Waals surface area contributed by atoms with Gasteiger partial charge in [-0.15, -0.1) is 11.3 Å². The van der Waals surface area contributed by atoms with Gasteiger partial charge in [0.2, 0.25) is 0 Å². The van der Waals surface area contributed by atoms with Gasteiger partial charge in [0.05, 0.1) is 16.0 Å². The molecule has 0 saturated carbocycles. The number of carbonyl (C=O) groups excluding carboxylic acids is 1. The van der Waals surface area contributed by atoms with Crippen LogP contribution in [0.15, 0.2) is 15.9 Å². The molecule has 0 spiro atoms. The highest BCUT2D eigenvalue weighted by Gasteiger charge is 2.43. The van der Waals surface area contributed by atoms with Gasteiger partial charge < -0.3 is 4.74 Å². The van der Waals surface area contributed by atoms with Crippen molar-refractivity contribution in [2.75, 3.05) is 0 Å². The fourth-order valence-electron chi connectivity index (χ4n) is 2.73. The molecule has 1 aromatic heterocycles. The summed E-state index contributed by atoms with van der Waals surface area (Å²) in [6.45, 7) is 0. The molecule has 2 bridgehead atoms. The average Bonchev–Trinajstić information content (AvgIpc) is 2.93.